The van der Waals surface area contributed by atoms with E-state index in [-0.39, 0.29) is 22.9 Å². The first-order valence-electron chi connectivity index (χ1n) is 10.8. The Morgan fingerprint density at radius 3 is 2.29 bits per heavy atom. The number of hydrogen-bond donors (Lipinski definition) is 2. The van der Waals surface area contributed by atoms with Crippen molar-refractivity contribution < 1.29 is 26.4 Å². The summed E-state index contributed by atoms with van der Waals surface area (Å²) in [4.78, 5) is 12.8. The Labute approximate surface area is 204 Å². The number of para-hydroxylation sites is 2. The molecule has 11 heteroatoms. The second-order valence-corrected chi connectivity index (χ2v) is 11.6. The van der Waals surface area contributed by atoms with Crippen LogP contribution in [0.1, 0.15) is 5.56 Å². The molecule has 0 aromatic heterocycles. The number of sulfonamides is 2. The SMILES string of the molecule is CS(=O)(=O)Nc1ccc(S(=O)(=O)N2C[C@@H](C(=O)NCCc3ccccc3)Oc3ccccc32)cc1. The Kier molecular flexibility index (Phi) is 6.99. The molecule has 4 rings (SSSR count). The van der Waals surface area contributed by atoms with Crippen LogP contribution in [0.5, 0.6) is 5.75 Å². The molecule has 0 spiro atoms. The number of rotatable bonds is 8. The van der Waals surface area contributed by atoms with Gasteiger partial charge in [0.2, 0.25) is 10.0 Å². The van der Waals surface area contributed by atoms with Gasteiger partial charge in [0.1, 0.15) is 5.75 Å². The Morgan fingerprint density at radius 2 is 1.60 bits per heavy atom. The van der Waals surface area contributed by atoms with Crippen molar-refractivity contribution in [3.63, 3.8) is 0 Å². The molecule has 0 aliphatic carbocycles. The summed E-state index contributed by atoms with van der Waals surface area (Å²) in [7, 11) is -7.57. The van der Waals surface area contributed by atoms with E-state index in [1.807, 2.05) is 30.3 Å². The second kappa shape index (κ2) is 9.96. The highest BCUT2D eigenvalue weighted by atomic mass is 32.2. The number of benzene rings is 3. The molecule has 1 heterocycles. The fraction of sp³-hybridized carbons (Fsp3) is 0.208. The van der Waals surface area contributed by atoms with Gasteiger partial charge in [0, 0.05) is 12.2 Å². The van der Waals surface area contributed by atoms with Crippen LogP contribution in [0.25, 0.3) is 0 Å². The average molecular weight is 516 g/mol. The summed E-state index contributed by atoms with van der Waals surface area (Å²) in [5.74, 6) is -0.135. The van der Waals surface area contributed by atoms with Crippen molar-refractivity contribution >= 4 is 37.3 Å². The molecule has 1 amide bonds. The maximum absolute atomic E-state index is 13.5. The van der Waals surface area contributed by atoms with Crippen LogP contribution >= 0.6 is 0 Å². The normalized spacial score (nSPS) is 15.6. The van der Waals surface area contributed by atoms with Gasteiger partial charge in [-0.25, -0.2) is 16.8 Å². The number of nitrogens with zero attached hydrogens (tertiary/aromatic N) is 1. The molecule has 1 aliphatic rings. The summed E-state index contributed by atoms with van der Waals surface area (Å²) >= 11 is 0. The highest BCUT2D eigenvalue weighted by Gasteiger charge is 2.37. The number of nitrogens with one attached hydrogen (secondary N) is 2. The van der Waals surface area contributed by atoms with Crippen LogP contribution in [0, 0.1) is 0 Å². The first-order valence-corrected chi connectivity index (χ1v) is 14.1. The van der Waals surface area contributed by atoms with Gasteiger partial charge in [-0.15, -0.1) is 0 Å². The fourth-order valence-electron chi connectivity index (χ4n) is 3.69. The lowest BCUT2D eigenvalue weighted by molar-refractivity contribution is -0.127. The van der Waals surface area contributed by atoms with Gasteiger partial charge in [-0.3, -0.25) is 13.8 Å². The summed E-state index contributed by atoms with van der Waals surface area (Å²) in [6.45, 7) is 0.172. The van der Waals surface area contributed by atoms with Crippen LogP contribution in [-0.4, -0.2) is 48.2 Å². The molecule has 0 saturated heterocycles. The van der Waals surface area contributed by atoms with E-state index in [0.29, 0.717) is 18.7 Å². The molecule has 1 atom stereocenters. The van der Waals surface area contributed by atoms with Crippen molar-refractivity contribution in [3.8, 4) is 5.75 Å². The van der Waals surface area contributed by atoms with Crippen LogP contribution in [0.4, 0.5) is 11.4 Å². The van der Waals surface area contributed by atoms with E-state index in [2.05, 4.69) is 10.0 Å². The summed E-state index contributed by atoms with van der Waals surface area (Å²) in [6, 6.07) is 21.7. The van der Waals surface area contributed by atoms with E-state index in [9.17, 15) is 21.6 Å². The van der Waals surface area contributed by atoms with Crippen molar-refractivity contribution in [3.05, 3.63) is 84.4 Å². The summed E-state index contributed by atoms with van der Waals surface area (Å²) in [6.07, 6.45) is 0.598. The van der Waals surface area contributed by atoms with Crippen LogP contribution in [0.15, 0.2) is 83.8 Å². The van der Waals surface area contributed by atoms with Crippen molar-refractivity contribution in [1.82, 2.24) is 5.32 Å². The third kappa shape index (κ3) is 5.92. The monoisotopic (exact) mass is 515 g/mol. The highest BCUT2D eigenvalue weighted by Crippen LogP contribution is 2.37. The molecule has 184 valence electrons. The zero-order valence-corrected chi connectivity index (χ0v) is 20.6. The van der Waals surface area contributed by atoms with E-state index >= 15 is 0 Å². The predicted octanol–water partition coefficient (Wildman–Crippen LogP) is 2.37. The maximum Gasteiger partial charge on any atom is 0.264 e. The molecule has 0 saturated carbocycles. The molecule has 3 aromatic rings. The Bertz CT molecular complexity index is 1410. The van der Waals surface area contributed by atoms with E-state index < -0.39 is 32.1 Å². The van der Waals surface area contributed by atoms with Gasteiger partial charge in [0.15, 0.2) is 6.10 Å². The first kappa shape index (κ1) is 24.6. The van der Waals surface area contributed by atoms with Crippen molar-refractivity contribution in [1.29, 1.82) is 0 Å². The van der Waals surface area contributed by atoms with E-state index in [1.165, 1.54) is 24.3 Å². The highest BCUT2D eigenvalue weighted by molar-refractivity contribution is 7.93. The standard InChI is InChI=1S/C24H25N3O6S2/c1-34(29,30)26-19-11-13-20(14-12-19)35(31,32)27-17-23(33-22-10-6-5-9-21(22)27)24(28)25-16-15-18-7-3-2-4-8-18/h2-14,23,26H,15-17H2,1H3,(H,25,28)/t23-/m0/s1. The Balaban J connectivity index is 1.53. The first-order chi connectivity index (χ1) is 16.6. The third-order valence-electron chi connectivity index (χ3n) is 5.33. The van der Waals surface area contributed by atoms with Gasteiger partial charge in [-0.1, -0.05) is 42.5 Å². The minimum absolute atomic E-state index is 0.0449. The van der Waals surface area contributed by atoms with Gasteiger partial charge in [0.05, 0.1) is 23.4 Å². The van der Waals surface area contributed by atoms with Crippen LogP contribution in [-0.2, 0) is 31.3 Å². The fourth-order valence-corrected chi connectivity index (χ4v) is 5.73. The van der Waals surface area contributed by atoms with E-state index in [0.717, 1.165) is 16.1 Å². The largest absolute Gasteiger partial charge is 0.476 e. The van der Waals surface area contributed by atoms with Crippen molar-refractivity contribution in [2.24, 2.45) is 0 Å². The van der Waals surface area contributed by atoms with Gasteiger partial charge in [-0.05, 0) is 48.4 Å². The topological polar surface area (TPSA) is 122 Å². The van der Waals surface area contributed by atoms with E-state index in [4.69, 9.17) is 4.74 Å². The number of anilines is 2. The maximum atomic E-state index is 13.5. The minimum atomic E-state index is -4.07. The lowest BCUT2D eigenvalue weighted by Crippen LogP contribution is -2.51. The molecule has 3 aromatic carbocycles. The number of ether oxygens (including phenoxy) is 1. The van der Waals surface area contributed by atoms with E-state index in [1.54, 1.807) is 24.3 Å². The smallest absolute Gasteiger partial charge is 0.264 e. The summed E-state index contributed by atoms with van der Waals surface area (Å²) < 4.78 is 59.2. The number of fused-ring (bicyclic) bond motifs is 1. The van der Waals surface area contributed by atoms with Gasteiger partial charge < -0.3 is 10.1 Å². The van der Waals surface area contributed by atoms with Gasteiger partial charge in [0.25, 0.3) is 15.9 Å². The Hall–Kier alpha value is -3.57. The molecule has 9 nitrogen and oxygen atoms in total. The number of carbonyl (C=O) groups is 1. The van der Waals surface area contributed by atoms with Crippen LogP contribution in [0.2, 0.25) is 0 Å². The van der Waals surface area contributed by atoms with Crippen LogP contribution < -0.4 is 19.1 Å². The number of amides is 1. The van der Waals surface area contributed by atoms with Gasteiger partial charge >= 0.3 is 0 Å². The molecule has 2 N–H and O–H groups in total. The van der Waals surface area contributed by atoms with Gasteiger partial charge in [-0.2, -0.15) is 0 Å². The summed E-state index contributed by atoms with van der Waals surface area (Å²) in [5.41, 5.74) is 1.63. The molecular formula is C24H25N3O6S2. The molecule has 0 radical (unpaired) electrons. The minimum Gasteiger partial charge on any atom is -0.476 e. The van der Waals surface area contributed by atoms with Crippen molar-refractivity contribution in [2.45, 2.75) is 17.4 Å². The van der Waals surface area contributed by atoms with Crippen molar-refractivity contribution in [2.75, 3.05) is 28.4 Å². The summed E-state index contributed by atoms with van der Waals surface area (Å²) in [5, 5.41) is 2.82. The quantitative estimate of drug-likeness (QED) is 0.475. The molecule has 0 bridgehead atoms. The molecule has 35 heavy (non-hydrogen) atoms. The molecule has 0 fully saturated rings. The lowest BCUT2D eigenvalue weighted by atomic mass is 10.1. The second-order valence-electron chi connectivity index (χ2n) is 8.04. The lowest BCUT2D eigenvalue weighted by Gasteiger charge is -2.34. The predicted molar refractivity (Wildman–Crippen MR) is 133 cm³/mol. The molecule has 1 aliphatic heterocycles. The number of hydrogen-bond acceptors (Lipinski definition) is 6. The molecular weight excluding hydrogens is 490 g/mol. The Morgan fingerprint density at radius 1 is 0.943 bits per heavy atom. The molecule has 0 unspecified atom stereocenters. The number of carbonyl (C=O) groups excluding carboxylic acids is 1. The zero-order chi connectivity index (χ0) is 25.1. The average Bonchev–Trinajstić information content (AvgIpc) is 2.83. The van der Waals surface area contributed by atoms with Crippen LogP contribution in [0.3, 0.4) is 0 Å². The third-order valence-corrected chi connectivity index (χ3v) is 7.73. The zero-order valence-electron chi connectivity index (χ0n) is 18.9.